The topological polar surface area (TPSA) is 37.3 Å². The van der Waals surface area contributed by atoms with Crippen LogP contribution in [0.2, 0.25) is 0 Å². The van der Waals surface area contributed by atoms with E-state index >= 15 is 0 Å². The molecule has 0 aromatic heterocycles. The minimum atomic E-state index is -0.844. The van der Waals surface area contributed by atoms with Crippen LogP contribution in [-0.4, -0.2) is 16.3 Å². The molecule has 0 bridgehead atoms. The second-order valence-corrected chi connectivity index (χ2v) is 4.93. The molecule has 4 heteroatoms. The Bertz CT molecular complexity index is 368. The first-order valence-electron chi connectivity index (χ1n) is 5.19. The van der Waals surface area contributed by atoms with Gasteiger partial charge in [0.25, 0.3) is 0 Å². The molecular weight excluding hydrogens is 227 g/mol. The normalized spacial score (nSPS) is 14.4. The smallest absolute Gasteiger partial charge is 0.317 e. The predicted octanol–water partition coefficient (Wildman–Crippen LogP) is 3.42. The van der Waals surface area contributed by atoms with Gasteiger partial charge < -0.3 is 5.11 Å². The molecule has 0 aliphatic heterocycles. The second kappa shape index (κ2) is 5.89. The zero-order chi connectivity index (χ0) is 12.1. The van der Waals surface area contributed by atoms with Gasteiger partial charge in [-0.15, -0.1) is 11.8 Å². The number of carboxylic acid groups (broad SMARTS) is 1. The maximum Gasteiger partial charge on any atom is 0.317 e. The number of benzene rings is 1. The summed E-state index contributed by atoms with van der Waals surface area (Å²) in [6, 6.07) is 6.03. The highest BCUT2D eigenvalue weighted by Crippen LogP contribution is 2.30. The molecule has 1 N–H and O–H groups in total. The van der Waals surface area contributed by atoms with Crippen molar-refractivity contribution in [2.45, 2.75) is 30.4 Å². The quantitative estimate of drug-likeness (QED) is 0.804. The van der Waals surface area contributed by atoms with Gasteiger partial charge in [0, 0.05) is 4.90 Å². The van der Waals surface area contributed by atoms with E-state index < -0.39 is 11.2 Å². The van der Waals surface area contributed by atoms with Crippen LogP contribution in [0.5, 0.6) is 0 Å². The lowest BCUT2D eigenvalue weighted by Crippen LogP contribution is -2.23. The fourth-order valence-corrected chi connectivity index (χ4v) is 2.47. The zero-order valence-corrected chi connectivity index (χ0v) is 10.1. The van der Waals surface area contributed by atoms with E-state index in [2.05, 4.69) is 0 Å². The van der Waals surface area contributed by atoms with E-state index in [9.17, 15) is 9.18 Å². The van der Waals surface area contributed by atoms with Gasteiger partial charge in [-0.2, -0.15) is 0 Å². The number of aliphatic carboxylic acids is 1. The van der Waals surface area contributed by atoms with E-state index in [-0.39, 0.29) is 11.7 Å². The van der Waals surface area contributed by atoms with Crippen LogP contribution in [-0.2, 0) is 4.79 Å². The summed E-state index contributed by atoms with van der Waals surface area (Å²) in [7, 11) is 0. The summed E-state index contributed by atoms with van der Waals surface area (Å²) in [5.41, 5.74) is 0. The van der Waals surface area contributed by atoms with Gasteiger partial charge in [0.2, 0.25) is 0 Å². The Morgan fingerprint density at radius 1 is 1.56 bits per heavy atom. The van der Waals surface area contributed by atoms with Crippen molar-refractivity contribution in [2.24, 2.45) is 5.92 Å². The monoisotopic (exact) mass is 242 g/mol. The number of hydrogen-bond acceptors (Lipinski definition) is 2. The molecule has 0 aliphatic rings. The van der Waals surface area contributed by atoms with Crippen molar-refractivity contribution in [3.05, 3.63) is 30.1 Å². The van der Waals surface area contributed by atoms with Crippen molar-refractivity contribution in [2.75, 3.05) is 0 Å². The molecule has 0 aliphatic carbocycles. The third-order valence-electron chi connectivity index (χ3n) is 2.46. The standard InChI is InChI=1S/C12H15FO2S/c1-3-8(2)11(12(14)15)16-10-6-4-5-9(13)7-10/h4-8,11H,3H2,1-2H3,(H,14,15). The summed E-state index contributed by atoms with van der Waals surface area (Å²) >= 11 is 1.20. The number of hydrogen-bond donors (Lipinski definition) is 1. The van der Waals surface area contributed by atoms with Gasteiger partial charge in [-0.3, -0.25) is 4.79 Å². The summed E-state index contributed by atoms with van der Waals surface area (Å²) in [4.78, 5) is 11.7. The number of rotatable bonds is 5. The number of carboxylic acids is 1. The maximum absolute atomic E-state index is 12.9. The summed E-state index contributed by atoms with van der Waals surface area (Å²) in [5, 5.41) is 8.57. The molecule has 2 unspecified atom stereocenters. The highest BCUT2D eigenvalue weighted by Gasteiger charge is 2.24. The maximum atomic E-state index is 12.9. The van der Waals surface area contributed by atoms with Crippen LogP contribution in [0.4, 0.5) is 4.39 Å². The molecule has 88 valence electrons. The van der Waals surface area contributed by atoms with Gasteiger partial charge in [0.15, 0.2) is 0 Å². The molecule has 0 saturated heterocycles. The molecule has 0 fully saturated rings. The molecule has 1 aromatic rings. The molecule has 2 nitrogen and oxygen atoms in total. The Kier molecular flexibility index (Phi) is 4.80. The SMILES string of the molecule is CCC(C)C(Sc1cccc(F)c1)C(=O)O. The van der Waals surface area contributed by atoms with Crippen LogP contribution in [0.1, 0.15) is 20.3 Å². The third kappa shape index (κ3) is 3.52. The fourth-order valence-electron chi connectivity index (χ4n) is 1.31. The molecule has 0 amide bonds. The van der Waals surface area contributed by atoms with E-state index in [1.54, 1.807) is 12.1 Å². The van der Waals surface area contributed by atoms with Crippen molar-refractivity contribution in [1.82, 2.24) is 0 Å². The van der Waals surface area contributed by atoms with Crippen molar-refractivity contribution in [3.63, 3.8) is 0 Å². The van der Waals surface area contributed by atoms with Crippen LogP contribution in [0.25, 0.3) is 0 Å². The van der Waals surface area contributed by atoms with Crippen molar-refractivity contribution >= 4 is 17.7 Å². The zero-order valence-electron chi connectivity index (χ0n) is 9.31. The Morgan fingerprint density at radius 2 is 2.25 bits per heavy atom. The van der Waals surface area contributed by atoms with Gasteiger partial charge >= 0.3 is 5.97 Å². The molecule has 0 saturated carbocycles. The Hall–Kier alpha value is -1.03. The lowest BCUT2D eigenvalue weighted by Gasteiger charge is -2.17. The summed E-state index contributed by atoms with van der Waals surface area (Å²) in [6.07, 6.45) is 0.791. The Balaban J connectivity index is 2.79. The van der Waals surface area contributed by atoms with Gasteiger partial charge in [-0.05, 0) is 24.1 Å². The van der Waals surface area contributed by atoms with E-state index in [0.717, 1.165) is 6.42 Å². The summed E-state index contributed by atoms with van der Waals surface area (Å²) in [6.45, 7) is 3.85. The van der Waals surface area contributed by atoms with E-state index in [0.29, 0.717) is 4.90 Å². The lowest BCUT2D eigenvalue weighted by atomic mass is 10.1. The van der Waals surface area contributed by atoms with Crippen LogP contribution in [0.3, 0.4) is 0 Å². The third-order valence-corrected chi connectivity index (χ3v) is 3.91. The van der Waals surface area contributed by atoms with Gasteiger partial charge in [0.1, 0.15) is 11.1 Å². The minimum absolute atomic E-state index is 0.0609. The van der Waals surface area contributed by atoms with Crippen LogP contribution in [0, 0.1) is 11.7 Å². The Morgan fingerprint density at radius 3 is 2.75 bits per heavy atom. The number of thioether (sulfide) groups is 1. The lowest BCUT2D eigenvalue weighted by molar-refractivity contribution is -0.137. The minimum Gasteiger partial charge on any atom is -0.480 e. The highest BCUT2D eigenvalue weighted by molar-refractivity contribution is 8.00. The van der Waals surface area contributed by atoms with Gasteiger partial charge in [0.05, 0.1) is 0 Å². The highest BCUT2D eigenvalue weighted by atomic mass is 32.2. The van der Waals surface area contributed by atoms with E-state index in [1.165, 1.54) is 23.9 Å². The van der Waals surface area contributed by atoms with Crippen molar-refractivity contribution < 1.29 is 14.3 Å². The first kappa shape index (κ1) is 13.0. The van der Waals surface area contributed by atoms with Crippen molar-refractivity contribution in [1.29, 1.82) is 0 Å². The summed E-state index contributed by atoms with van der Waals surface area (Å²) < 4.78 is 12.9. The summed E-state index contributed by atoms with van der Waals surface area (Å²) in [5.74, 6) is -1.12. The van der Waals surface area contributed by atoms with Gasteiger partial charge in [-0.1, -0.05) is 26.3 Å². The molecular formula is C12H15FO2S. The number of carbonyl (C=O) groups is 1. The molecule has 2 atom stereocenters. The van der Waals surface area contributed by atoms with Crippen molar-refractivity contribution in [3.8, 4) is 0 Å². The first-order valence-corrected chi connectivity index (χ1v) is 6.07. The van der Waals surface area contributed by atoms with E-state index in [4.69, 9.17) is 5.11 Å². The largest absolute Gasteiger partial charge is 0.480 e. The average molecular weight is 242 g/mol. The molecule has 1 aromatic carbocycles. The van der Waals surface area contributed by atoms with Crippen LogP contribution >= 0.6 is 11.8 Å². The molecule has 16 heavy (non-hydrogen) atoms. The molecule has 0 radical (unpaired) electrons. The molecule has 0 heterocycles. The predicted molar refractivity (Wildman–Crippen MR) is 63.1 cm³/mol. The number of halogens is 1. The molecule has 1 rings (SSSR count). The van der Waals surface area contributed by atoms with Crippen LogP contribution < -0.4 is 0 Å². The average Bonchev–Trinajstić information content (AvgIpc) is 2.24. The van der Waals surface area contributed by atoms with Gasteiger partial charge in [-0.25, -0.2) is 4.39 Å². The fraction of sp³-hybridized carbons (Fsp3) is 0.417. The van der Waals surface area contributed by atoms with E-state index in [1.807, 2.05) is 13.8 Å². The Labute approximate surface area is 98.9 Å². The van der Waals surface area contributed by atoms with Crippen LogP contribution in [0.15, 0.2) is 29.2 Å². The first-order chi connectivity index (χ1) is 7.54. The second-order valence-electron chi connectivity index (χ2n) is 3.72. The molecule has 0 spiro atoms.